The molecule has 2 fully saturated rings. The number of likely N-dealkylation sites (tertiary alicyclic amines) is 1. The fourth-order valence-corrected chi connectivity index (χ4v) is 6.53. The van der Waals surface area contributed by atoms with Crippen LogP contribution in [0.5, 0.6) is 6.01 Å². The van der Waals surface area contributed by atoms with E-state index in [4.69, 9.17) is 36.3 Å². The molecule has 1 aromatic heterocycles. The lowest BCUT2D eigenvalue weighted by molar-refractivity contribution is 0.0240. The molecule has 0 saturated carbocycles. The molecule has 240 valence electrons. The van der Waals surface area contributed by atoms with Gasteiger partial charge in [0.2, 0.25) is 0 Å². The van der Waals surface area contributed by atoms with E-state index >= 15 is 0 Å². The standard InChI is InChI=1S/C32H41ClN6O3.C2H3N/c1-32(2,3)42-31(40)38-18-16-37(17-19-38)29-24-13-15-39(27-12-6-9-22-8-5-11-25(33)28(22)27)20-26(24)34-30(35-29)41-21-23-10-7-14-36(23)4;1-2-3/h5-6,8-9,11-12,23H,7,10,13-21H2,1-4H3;1H3. The highest BCUT2D eigenvalue weighted by Crippen LogP contribution is 2.37. The van der Waals surface area contributed by atoms with Crippen molar-refractivity contribution in [2.24, 2.45) is 0 Å². The van der Waals surface area contributed by atoms with Crippen molar-refractivity contribution in [1.82, 2.24) is 19.8 Å². The molecule has 4 heterocycles. The van der Waals surface area contributed by atoms with Gasteiger partial charge in [0.1, 0.15) is 18.0 Å². The first-order valence-electron chi connectivity index (χ1n) is 15.8. The SMILES string of the molecule is CC#N.CN1CCCC1COc1nc2c(c(N3CCN(C(=O)OC(C)(C)C)CC3)n1)CCN(c1cccc3cccc(Cl)c13)C2. The number of fused-ring (bicyclic) bond motifs is 2. The fourth-order valence-electron chi connectivity index (χ4n) is 6.25. The van der Waals surface area contributed by atoms with Crippen molar-refractivity contribution >= 4 is 40.0 Å². The Balaban J connectivity index is 0.00000128. The summed E-state index contributed by atoms with van der Waals surface area (Å²) < 4.78 is 11.9. The minimum atomic E-state index is -0.514. The van der Waals surface area contributed by atoms with Crippen LogP contribution in [-0.4, -0.2) is 90.4 Å². The summed E-state index contributed by atoms with van der Waals surface area (Å²) in [6, 6.07) is 14.9. The third kappa shape index (κ3) is 7.71. The van der Waals surface area contributed by atoms with E-state index in [1.165, 1.54) is 13.3 Å². The molecule has 0 N–H and O–H groups in total. The first kappa shape index (κ1) is 32.6. The molecule has 1 amide bonds. The second-order valence-corrected chi connectivity index (χ2v) is 13.2. The zero-order chi connectivity index (χ0) is 32.1. The zero-order valence-corrected chi connectivity index (χ0v) is 27.8. The average Bonchev–Trinajstić information content (AvgIpc) is 3.43. The molecule has 3 aliphatic rings. The number of aromatic nitrogens is 2. The average molecular weight is 634 g/mol. The van der Waals surface area contributed by atoms with Crippen LogP contribution >= 0.6 is 11.6 Å². The minimum Gasteiger partial charge on any atom is -0.462 e. The van der Waals surface area contributed by atoms with Crippen LogP contribution < -0.4 is 14.5 Å². The number of nitrogens with zero attached hydrogens (tertiary/aromatic N) is 7. The van der Waals surface area contributed by atoms with Crippen LogP contribution in [0.1, 0.15) is 51.8 Å². The van der Waals surface area contributed by atoms with Crippen LogP contribution in [0.4, 0.5) is 16.3 Å². The van der Waals surface area contributed by atoms with E-state index in [2.05, 4.69) is 46.0 Å². The van der Waals surface area contributed by atoms with Crippen LogP contribution in [0.25, 0.3) is 10.8 Å². The highest BCUT2D eigenvalue weighted by Gasteiger charge is 2.31. The maximum Gasteiger partial charge on any atom is 0.410 e. The van der Waals surface area contributed by atoms with Crippen LogP contribution in [0.2, 0.25) is 5.02 Å². The van der Waals surface area contributed by atoms with Crippen molar-refractivity contribution in [3.8, 4) is 12.1 Å². The number of ether oxygens (including phenoxy) is 2. The lowest BCUT2D eigenvalue weighted by Gasteiger charge is -2.38. The van der Waals surface area contributed by atoms with E-state index in [1.54, 1.807) is 11.0 Å². The summed E-state index contributed by atoms with van der Waals surface area (Å²) in [5.41, 5.74) is 2.75. The predicted octanol–water partition coefficient (Wildman–Crippen LogP) is 5.91. The molecule has 2 aromatic carbocycles. The lowest BCUT2D eigenvalue weighted by Crippen LogP contribution is -2.50. The summed E-state index contributed by atoms with van der Waals surface area (Å²) in [7, 11) is 2.15. The van der Waals surface area contributed by atoms with Crippen molar-refractivity contribution in [3.05, 3.63) is 52.7 Å². The Morgan fingerprint density at radius 3 is 2.42 bits per heavy atom. The summed E-state index contributed by atoms with van der Waals surface area (Å²) in [6.45, 7) is 12.8. The normalized spacial score (nSPS) is 18.6. The Morgan fingerprint density at radius 1 is 1.04 bits per heavy atom. The molecule has 0 radical (unpaired) electrons. The Hall–Kier alpha value is -3.81. The number of carbonyl (C=O) groups excluding carboxylic acids is 1. The largest absolute Gasteiger partial charge is 0.462 e. The van der Waals surface area contributed by atoms with Gasteiger partial charge in [0.15, 0.2) is 0 Å². The molecular formula is C34H44ClN7O3. The van der Waals surface area contributed by atoms with Crippen LogP contribution in [0.3, 0.4) is 0 Å². The highest BCUT2D eigenvalue weighted by molar-refractivity contribution is 6.36. The molecule has 3 aromatic rings. The van der Waals surface area contributed by atoms with Gasteiger partial charge in [-0.25, -0.2) is 4.79 Å². The first-order valence-corrected chi connectivity index (χ1v) is 16.1. The van der Waals surface area contributed by atoms with Crippen LogP contribution in [0.15, 0.2) is 36.4 Å². The number of rotatable bonds is 5. The Morgan fingerprint density at radius 2 is 1.76 bits per heavy atom. The molecule has 0 aliphatic carbocycles. The second-order valence-electron chi connectivity index (χ2n) is 12.8. The molecule has 1 unspecified atom stereocenters. The fraction of sp³-hybridized carbons (Fsp3) is 0.529. The molecule has 45 heavy (non-hydrogen) atoms. The Labute approximate surface area is 271 Å². The van der Waals surface area contributed by atoms with E-state index in [1.807, 2.05) is 32.9 Å². The van der Waals surface area contributed by atoms with E-state index in [-0.39, 0.29) is 6.09 Å². The van der Waals surface area contributed by atoms with Gasteiger partial charge < -0.3 is 29.1 Å². The molecule has 10 nitrogen and oxygen atoms in total. The molecule has 11 heteroatoms. The molecular weight excluding hydrogens is 590 g/mol. The summed E-state index contributed by atoms with van der Waals surface area (Å²) in [6.07, 6.45) is 2.85. The van der Waals surface area contributed by atoms with Gasteiger partial charge in [-0.1, -0.05) is 35.9 Å². The van der Waals surface area contributed by atoms with Gasteiger partial charge in [-0.3, -0.25) is 0 Å². The molecule has 3 aliphatic heterocycles. The monoisotopic (exact) mass is 633 g/mol. The number of carbonyl (C=O) groups is 1. The highest BCUT2D eigenvalue weighted by atomic mass is 35.5. The summed E-state index contributed by atoms with van der Waals surface area (Å²) >= 11 is 6.70. The number of halogens is 1. The van der Waals surface area contributed by atoms with Gasteiger partial charge >= 0.3 is 12.1 Å². The maximum atomic E-state index is 12.7. The minimum absolute atomic E-state index is 0.263. The van der Waals surface area contributed by atoms with Gasteiger partial charge in [0.05, 0.1) is 23.3 Å². The number of hydrogen-bond donors (Lipinski definition) is 0. The number of benzene rings is 2. The van der Waals surface area contributed by atoms with Crippen molar-refractivity contribution in [2.75, 3.05) is 62.7 Å². The Kier molecular flexibility index (Phi) is 10.2. The van der Waals surface area contributed by atoms with Gasteiger partial charge in [0, 0.05) is 62.3 Å². The molecule has 0 spiro atoms. The summed E-state index contributed by atoms with van der Waals surface area (Å²) in [5, 5.41) is 10.3. The zero-order valence-electron chi connectivity index (χ0n) is 27.1. The number of likely N-dealkylation sites (N-methyl/N-ethyl adjacent to an activating group) is 1. The van der Waals surface area contributed by atoms with Crippen LogP contribution in [-0.2, 0) is 17.7 Å². The smallest absolute Gasteiger partial charge is 0.410 e. The summed E-state index contributed by atoms with van der Waals surface area (Å²) in [4.78, 5) is 31.4. The Bertz CT molecular complexity index is 1540. The van der Waals surface area contributed by atoms with Crippen molar-refractivity contribution in [3.63, 3.8) is 0 Å². The molecule has 1 atom stereocenters. The number of anilines is 2. The van der Waals surface area contributed by atoms with E-state index < -0.39 is 5.60 Å². The number of amides is 1. The number of nitriles is 1. The third-order valence-corrected chi connectivity index (χ3v) is 8.82. The molecule has 0 bridgehead atoms. The maximum absolute atomic E-state index is 12.7. The lowest BCUT2D eigenvalue weighted by atomic mass is 10.0. The molecule has 6 rings (SSSR count). The van der Waals surface area contributed by atoms with Gasteiger partial charge in [-0.2, -0.15) is 15.2 Å². The van der Waals surface area contributed by atoms with Gasteiger partial charge in [-0.15, -0.1) is 0 Å². The van der Waals surface area contributed by atoms with Gasteiger partial charge in [-0.05, 0) is 71.1 Å². The van der Waals surface area contributed by atoms with Crippen molar-refractivity contribution in [2.45, 2.75) is 65.1 Å². The number of hydrogen-bond acceptors (Lipinski definition) is 9. The molecule has 2 saturated heterocycles. The topological polar surface area (TPSA) is 98.1 Å². The van der Waals surface area contributed by atoms with Crippen molar-refractivity contribution < 1.29 is 14.3 Å². The van der Waals surface area contributed by atoms with Gasteiger partial charge in [0.25, 0.3) is 0 Å². The summed E-state index contributed by atoms with van der Waals surface area (Å²) in [5.74, 6) is 0.925. The van der Waals surface area contributed by atoms with Crippen LogP contribution in [0, 0.1) is 11.3 Å². The predicted molar refractivity (Wildman–Crippen MR) is 178 cm³/mol. The number of piperazine rings is 1. The van der Waals surface area contributed by atoms with Crippen molar-refractivity contribution in [1.29, 1.82) is 5.26 Å². The van der Waals surface area contributed by atoms with E-state index in [0.717, 1.165) is 64.5 Å². The van der Waals surface area contributed by atoms with E-state index in [9.17, 15) is 4.79 Å². The third-order valence-electron chi connectivity index (χ3n) is 8.50. The first-order chi connectivity index (χ1) is 21.6. The second kappa shape index (κ2) is 14.1. The quantitative estimate of drug-likeness (QED) is 0.340. The van der Waals surface area contributed by atoms with E-state index in [0.29, 0.717) is 51.4 Å².